The number of rotatable bonds is 4. The highest BCUT2D eigenvalue weighted by Crippen LogP contribution is 2.10. The molecule has 1 amide bonds. The monoisotopic (exact) mass is 310 g/mol. The molecule has 0 atom stereocenters. The molecule has 0 N–H and O–H groups in total. The molecule has 0 unspecified atom stereocenters. The molecule has 0 aliphatic carbocycles. The van der Waals surface area contributed by atoms with E-state index in [0.717, 1.165) is 44.0 Å². The fourth-order valence-electron chi connectivity index (χ4n) is 2.79. The first-order valence-electron chi connectivity index (χ1n) is 8.01. The lowest BCUT2D eigenvalue weighted by Gasteiger charge is -2.34. The number of nitrogens with zero attached hydrogens (tertiary/aromatic N) is 4. The third kappa shape index (κ3) is 4.36. The molecule has 23 heavy (non-hydrogen) atoms. The van der Waals surface area contributed by atoms with Gasteiger partial charge in [0.25, 0.3) is 0 Å². The van der Waals surface area contributed by atoms with Crippen molar-refractivity contribution in [2.24, 2.45) is 0 Å². The Balaban J connectivity index is 1.48. The first-order valence-corrected chi connectivity index (χ1v) is 8.01. The molecule has 1 saturated heterocycles. The summed E-state index contributed by atoms with van der Waals surface area (Å²) in [6, 6.07) is 8.03. The van der Waals surface area contributed by atoms with E-state index in [1.165, 1.54) is 5.56 Å². The van der Waals surface area contributed by atoms with E-state index >= 15 is 0 Å². The highest BCUT2D eigenvalue weighted by molar-refractivity contribution is 5.78. The fourth-order valence-corrected chi connectivity index (χ4v) is 2.79. The van der Waals surface area contributed by atoms with Crippen molar-refractivity contribution in [3.63, 3.8) is 0 Å². The second-order valence-corrected chi connectivity index (χ2v) is 6.00. The van der Waals surface area contributed by atoms with Gasteiger partial charge in [0, 0.05) is 57.0 Å². The third-order valence-corrected chi connectivity index (χ3v) is 4.21. The van der Waals surface area contributed by atoms with Crippen molar-refractivity contribution in [2.75, 3.05) is 26.2 Å². The smallest absolute Gasteiger partial charge is 0.227 e. The van der Waals surface area contributed by atoms with Crippen molar-refractivity contribution in [1.82, 2.24) is 19.8 Å². The number of aromatic nitrogens is 2. The Morgan fingerprint density at radius 1 is 1.04 bits per heavy atom. The van der Waals surface area contributed by atoms with Crippen LogP contribution in [0.15, 0.2) is 42.9 Å². The molecule has 5 heteroatoms. The molecular weight excluding hydrogens is 288 g/mol. The van der Waals surface area contributed by atoms with Crippen LogP contribution in [0.5, 0.6) is 0 Å². The molecule has 1 fully saturated rings. The van der Waals surface area contributed by atoms with Crippen molar-refractivity contribution < 1.29 is 4.79 Å². The Kier molecular flexibility index (Phi) is 4.98. The van der Waals surface area contributed by atoms with Gasteiger partial charge in [-0.25, -0.2) is 0 Å². The molecule has 0 bridgehead atoms. The molecule has 1 aliphatic heterocycles. The lowest BCUT2D eigenvalue weighted by atomic mass is 10.1. The molecule has 2 aromatic rings. The van der Waals surface area contributed by atoms with Crippen LogP contribution >= 0.6 is 0 Å². The second-order valence-electron chi connectivity index (χ2n) is 6.00. The van der Waals surface area contributed by atoms with Crippen LogP contribution in [-0.2, 0) is 17.8 Å². The number of carbonyl (C=O) groups excluding carboxylic acids is 1. The van der Waals surface area contributed by atoms with Crippen LogP contribution in [0.3, 0.4) is 0 Å². The second kappa shape index (κ2) is 7.33. The van der Waals surface area contributed by atoms with E-state index in [4.69, 9.17) is 0 Å². The summed E-state index contributed by atoms with van der Waals surface area (Å²) in [6.07, 6.45) is 5.89. The number of pyridine rings is 2. The Labute approximate surface area is 137 Å². The highest BCUT2D eigenvalue weighted by atomic mass is 16.2. The topological polar surface area (TPSA) is 49.3 Å². The van der Waals surface area contributed by atoms with Crippen LogP contribution < -0.4 is 0 Å². The average molecular weight is 310 g/mol. The SMILES string of the molecule is Cc1ccc(CC(=O)N2CCN(Cc3ccncc3)CC2)cn1. The molecule has 1 aliphatic rings. The van der Waals surface area contributed by atoms with Crippen LogP contribution in [-0.4, -0.2) is 51.9 Å². The van der Waals surface area contributed by atoms with Gasteiger partial charge in [0.15, 0.2) is 0 Å². The molecule has 0 saturated carbocycles. The lowest BCUT2D eigenvalue weighted by Crippen LogP contribution is -2.48. The number of hydrogen-bond acceptors (Lipinski definition) is 4. The largest absolute Gasteiger partial charge is 0.340 e. The summed E-state index contributed by atoms with van der Waals surface area (Å²) in [5, 5.41) is 0. The minimum Gasteiger partial charge on any atom is -0.340 e. The van der Waals surface area contributed by atoms with E-state index in [-0.39, 0.29) is 5.91 Å². The van der Waals surface area contributed by atoms with E-state index in [9.17, 15) is 4.79 Å². The van der Waals surface area contributed by atoms with E-state index in [1.807, 2.05) is 48.5 Å². The summed E-state index contributed by atoms with van der Waals surface area (Å²) in [7, 11) is 0. The Hall–Kier alpha value is -2.27. The molecule has 0 aromatic carbocycles. The van der Waals surface area contributed by atoms with Gasteiger partial charge in [-0.3, -0.25) is 19.7 Å². The zero-order valence-corrected chi connectivity index (χ0v) is 13.5. The molecule has 5 nitrogen and oxygen atoms in total. The summed E-state index contributed by atoms with van der Waals surface area (Å²) in [6.45, 7) is 6.30. The van der Waals surface area contributed by atoms with E-state index in [2.05, 4.69) is 14.9 Å². The van der Waals surface area contributed by atoms with Gasteiger partial charge in [0.2, 0.25) is 5.91 Å². The zero-order chi connectivity index (χ0) is 16.1. The predicted octanol–water partition coefficient (Wildman–Crippen LogP) is 1.67. The lowest BCUT2D eigenvalue weighted by molar-refractivity contribution is -0.132. The first kappa shape index (κ1) is 15.6. The van der Waals surface area contributed by atoms with Crippen molar-refractivity contribution in [1.29, 1.82) is 0 Å². The van der Waals surface area contributed by atoms with Crippen LogP contribution in [0.2, 0.25) is 0 Å². The molecule has 0 radical (unpaired) electrons. The standard InChI is InChI=1S/C18H22N4O/c1-15-2-3-17(13-20-15)12-18(23)22-10-8-21(9-11-22)14-16-4-6-19-7-5-16/h2-7,13H,8-12,14H2,1H3. The molecule has 0 spiro atoms. The number of hydrogen-bond donors (Lipinski definition) is 0. The van der Waals surface area contributed by atoms with E-state index < -0.39 is 0 Å². The third-order valence-electron chi connectivity index (χ3n) is 4.21. The average Bonchev–Trinajstić information content (AvgIpc) is 2.58. The highest BCUT2D eigenvalue weighted by Gasteiger charge is 2.21. The van der Waals surface area contributed by atoms with E-state index in [1.54, 1.807) is 6.20 Å². The van der Waals surface area contributed by atoms with E-state index in [0.29, 0.717) is 6.42 Å². The van der Waals surface area contributed by atoms with Gasteiger partial charge in [-0.2, -0.15) is 0 Å². The van der Waals surface area contributed by atoms with Crippen molar-refractivity contribution in [2.45, 2.75) is 19.9 Å². The summed E-state index contributed by atoms with van der Waals surface area (Å²) < 4.78 is 0. The summed E-state index contributed by atoms with van der Waals surface area (Å²) >= 11 is 0. The van der Waals surface area contributed by atoms with Gasteiger partial charge in [0.05, 0.1) is 6.42 Å². The fraction of sp³-hybridized carbons (Fsp3) is 0.389. The van der Waals surface area contributed by atoms with Gasteiger partial charge >= 0.3 is 0 Å². The maximum absolute atomic E-state index is 12.4. The molecule has 3 rings (SSSR count). The maximum Gasteiger partial charge on any atom is 0.227 e. The zero-order valence-electron chi connectivity index (χ0n) is 13.5. The number of piperazine rings is 1. The van der Waals surface area contributed by atoms with Crippen molar-refractivity contribution >= 4 is 5.91 Å². The minimum atomic E-state index is 0.194. The number of amides is 1. The molecule has 120 valence electrons. The Bertz CT molecular complexity index is 634. The van der Waals surface area contributed by atoms with Crippen LogP contribution in [0, 0.1) is 6.92 Å². The molecule has 2 aromatic heterocycles. The maximum atomic E-state index is 12.4. The number of aryl methyl sites for hydroxylation is 1. The molecule has 3 heterocycles. The van der Waals surface area contributed by atoms with Crippen LogP contribution in [0.1, 0.15) is 16.8 Å². The minimum absolute atomic E-state index is 0.194. The van der Waals surface area contributed by atoms with Gasteiger partial charge in [-0.15, -0.1) is 0 Å². The quantitative estimate of drug-likeness (QED) is 0.862. The van der Waals surface area contributed by atoms with Crippen LogP contribution in [0.4, 0.5) is 0 Å². The van der Waals surface area contributed by atoms with Gasteiger partial charge in [-0.1, -0.05) is 6.07 Å². The van der Waals surface area contributed by atoms with Gasteiger partial charge in [-0.05, 0) is 36.2 Å². The summed E-state index contributed by atoms with van der Waals surface area (Å²) in [4.78, 5) is 25.0. The van der Waals surface area contributed by atoms with Gasteiger partial charge < -0.3 is 4.90 Å². The van der Waals surface area contributed by atoms with Crippen molar-refractivity contribution in [3.05, 3.63) is 59.7 Å². The Morgan fingerprint density at radius 3 is 2.43 bits per heavy atom. The number of carbonyl (C=O) groups is 1. The Morgan fingerprint density at radius 2 is 1.78 bits per heavy atom. The first-order chi connectivity index (χ1) is 11.2. The normalized spacial score (nSPS) is 15.6. The molecular formula is C18H22N4O. The van der Waals surface area contributed by atoms with Gasteiger partial charge in [0.1, 0.15) is 0 Å². The summed E-state index contributed by atoms with van der Waals surface area (Å²) in [5.41, 5.74) is 3.23. The van der Waals surface area contributed by atoms with Crippen molar-refractivity contribution in [3.8, 4) is 0 Å². The van der Waals surface area contributed by atoms with Crippen LogP contribution in [0.25, 0.3) is 0 Å². The summed E-state index contributed by atoms with van der Waals surface area (Å²) in [5.74, 6) is 0.194. The predicted molar refractivity (Wildman–Crippen MR) is 88.8 cm³/mol.